The van der Waals surface area contributed by atoms with Crippen LogP contribution in [0, 0.1) is 12.7 Å². The molecule has 0 amide bonds. The van der Waals surface area contributed by atoms with Crippen LogP contribution in [0.25, 0.3) is 11.0 Å². The molecule has 1 fully saturated rings. The molecule has 1 aliphatic rings. The summed E-state index contributed by atoms with van der Waals surface area (Å²) in [5.74, 6) is 2.12. The molecule has 3 aromatic heterocycles. The lowest BCUT2D eigenvalue weighted by Crippen LogP contribution is -2.47. The third-order valence-electron chi connectivity index (χ3n) is 4.02. The smallest absolute Gasteiger partial charge is 0.161 e. The second kappa shape index (κ2) is 5.45. The zero-order valence-electron chi connectivity index (χ0n) is 12.7. The molecule has 0 spiro atoms. The van der Waals surface area contributed by atoms with Crippen LogP contribution in [-0.2, 0) is 0 Å². The van der Waals surface area contributed by atoms with Gasteiger partial charge in [-0.15, -0.1) is 0 Å². The van der Waals surface area contributed by atoms with E-state index < -0.39 is 0 Å². The van der Waals surface area contributed by atoms with E-state index in [1.165, 1.54) is 12.3 Å². The van der Waals surface area contributed by atoms with E-state index in [1.807, 2.05) is 6.92 Å². The first kappa shape index (κ1) is 13.9. The quantitative estimate of drug-likeness (QED) is 0.773. The number of fused-ring (bicyclic) bond motifs is 1. The number of piperazine rings is 1. The van der Waals surface area contributed by atoms with Crippen LogP contribution in [0.1, 0.15) is 5.82 Å². The maximum Gasteiger partial charge on any atom is 0.161 e. The predicted octanol–water partition coefficient (Wildman–Crippen LogP) is 1.52. The van der Waals surface area contributed by atoms with Crippen LogP contribution in [0.4, 0.5) is 16.0 Å². The lowest BCUT2D eigenvalue weighted by molar-refractivity contribution is 0.614. The fourth-order valence-electron chi connectivity index (χ4n) is 2.87. The van der Waals surface area contributed by atoms with Gasteiger partial charge in [0.1, 0.15) is 23.3 Å². The van der Waals surface area contributed by atoms with Gasteiger partial charge in [-0.3, -0.25) is 5.10 Å². The fourth-order valence-corrected chi connectivity index (χ4v) is 2.87. The highest BCUT2D eigenvalue weighted by atomic mass is 19.1. The number of nitrogens with zero attached hydrogens (tertiary/aromatic N) is 6. The third kappa shape index (κ3) is 2.56. The normalized spacial score (nSPS) is 15.4. The minimum Gasteiger partial charge on any atom is -0.353 e. The summed E-state index contributed by atoms with van der Waals surface area (Å²) in [4.78, 5) is 17.5. The summed E-state index contributed by atoms with van der Waals surface area (Å²) >= 11 is 0. The Morgan fingerprint density at radius 1 is 1.04 bits per heavy atom. The molecule has 4 heterocycles. The Balaban J connectivity index is 1.55. The number of anilines is 2. The molecule has 0 saturated carbocycles. The lowest BCUT2D eigenvalue weighted by Gasteiger charge is -2.36. The van der Waals surface area contributed by atoms with Crippen molar-refractivity contribution >= 4 is 22.7 Å². The predicted molar refractivity (Wildman–Crippen MR) is 85.0 cm³/mol. The van der Waals surface area contributed by atoms with Gasteiger partial charge in [-0.1, -0.05) is 0 Å². The topological polar surface area (TPSA) is 73.8 Å². The van der Waals surface area contributed by atoms with Crippen molar-refractivity contribution in [1.29, 1.82) is 0 Å². The Kier molecular flexibility index (Phi) is 3.29. The largest absolute Gasteiger partial charge is 0.353 e. The van der Waals surface area contributed by atoms with Crippen LogP contribution in [0.5, 0.6) is 0 Å². The molecule has 0 unspecified atom stereocenters. The van der Waals surface area contributed by atoms with Crippen molar-refractivity contribution in [2.24, 2.45) is 0 Å². The number of aromatic amines is 1. The lowest BCUT2D eigenvalue weighted by atomic mass is 10.2. The maximum atomic E-state index is 13.0. The number of H-pyrrole nitrogens is 1. The zero-order chi connectivity index (χ0) is 15.8. The number of hydrogen-bond donors (Lipinski definition) is 1. The number of halogens is 1. The second-order valence-corrected chi connectivity index (χ2v) is 5.54. The number of aromatic nitrogens is 5. The minimum atomic E-state index is -0.314. The van der Waals surface area contributed by atoms with E-state index in [4.69, 9.17) is 0 Å². The Morgan fingerprint density at radius 3 is 2.57 bits per heavy atom. The van der Waals surface area contributed by atoms with Crippen molar-refractivity contribution < 1.29 is 4.39 Å². The van der Waals surface area contributed by atoms with Crippen LogP contribution in [-0.4, -0.2) is 51.3 Å². The monoisotopic (exact) mass is 313 g/mol. The Morgan fingerprint density at radius 2 is 1.83 bits per heavy atom. The van der Waals surface area contributed by atoms with E-state index in [-0.39, 0.29) is 5.82 Å². The van der Waals surface area contributed by atoms with Crippen LogP contribution < -0.4 is 9.80 Å². The second-order valence-electron chi connectivity index (χ2n) is 5.54. The SMILES string of the molecule is Cc1nc(N2CCN(c3ccc(F)cn3)CC2)c2cn[nH]c2n1. The van der Waals surface area contributed by atoms with E-state index in [0.717, 1.165) is 54.7 Å². The zero-order valence-corrected chi connectivity index (χ0v) is 12.7. The summed E-state index contributed by atoms with van der Waals surface area (Å²) in [5.41, 5.74) is 0.759. The first-order valence-electron chi connectivity index (χ1n) is 7.50. The summed E-state index contributed by atoms with van der Waals surface area (Å²) in [6.45, 7) is 5.12. The molecule has 1 N–H and O–H groups in total. The number of nitrogens with one attached hydrogen (secondary N) is 1. The molecule has 0 bridgehead atoms. The highest BCUT2D eigenvalue weighted by Crippen LogP contribution is 2.24. The molecular formula is C15H16FN7. The molecule has 0 radical (unpaired) electrons. The summed E-state index contributed by atoms with van der Waals surface area (Å²) in [7, 11) is 0. The van der Waals surface area contributed by atoms with Gasteiger partial charge in [0.15, 0.2) is 5.65 Å². The first-order chi connectivity index (χ1) is 11.2. The molecule has 4 rings (SSSR count). The van der Waals surface area contributed by atoms with E-state index in [1.54, 1.807) is 12.3 Å². The van der Waals surface area contributed by atoms with Gasteiger partial charge in [0.25, 0.3) is 0 Å². The van der Waals surface area contributed by atoms with Crippen LogP contribution in [0.15, 0.2) is 24.5 Å². The van der Waals surface area contributed by atoms with Gasteiger partial charge in [0.05, 0.1) is 17.8 Å². The van der Waals surface area contributed by atoms with Crippen molar-refractivity contribution in [3.8, 4) is 0 Å². The number of rotatable bonds is 2. The summed E-state index contributed by atoms with van der Waals surface area (Å²) < 4.78 is 13.0. The molecule has 3 aromatic rings. The van der Waals surface area contributed by atoms with Crippen molar-refractivity contribution in [3.63, 3.8) is 0 Å². The molecule has 8 heteroatoms. The number of pyridine rings is 1. The third-order valence-corrected chi connectivity index (χ3v) is 4.02. The molecule has 0 aromatic carbocycles. The van der Waals surface area contributed by atoms with Crippen molar-refractivity contribution in [2.45, 2.75) is 6.92 Å². The van der Waals surface area contributed by atoms with Crippen LogP contribution in [0.3, 0.4) is 0 Å². The number of aryl methyl sites for hydroxylation is 1. The van der Waals surface area contributed by atoms with E-state index in [9.17, 15) is 4.39 Å². The average Bonchev–Trinajstić information content (AvgIpc) is 3.03. The van der Waals surface area contributed by atoms with Gasteiger partial charge in [0, 0.05) is 26.2 Å². The molecule has 7 nitrogen and oxygen atoms in total. The Bertz CT molecular complexity index is 821. The Labute approximate surface area is 132 Å². The van der Waals surface area contributed by atoms with E-state index >= 15 is 0 Å². The molecule has 1 saturated heterocycles. The number of hydrogen-bond acceptors (Lipinski definition) is 6. The fraction of sp³-hybridized carbons (Fsp3) is 0.333. The summed E-state index contributed by atoms with van der Waals surface area (Å²) in [5, 5.41) is 7.89. The summed E-state index contributed by atoms with van der Waals surface area (Å²) in [6, 6.07) is 3.16. The van der Waals surface area contributed by atoms with Crippen molar-refractivity contribution in [1.82, 2.24) is 25.1 Å². The van der Waals surface area contributed by atoms with E-state index in [0.29, 0.717) is 0 Å². The van der Waals surface area contributed by atoms with Crippen molar-refractivity contribution in [3.05, 3.63) is 36.2 Å². The molecule has 118 valence electrons. The molecule has 0 atom stereocenters. The van der Waals surface area contributed by atoms with Gasteiger partial charge in [-0.05, 0) is 19.1 Å². The van der Waals surface area contributed by atoms with Gasteiger partial charge in [-0.25, -0.2) is 19.3 Å². The average molecular weight is 313 g/mol. The first-order valence-corrected chi connectivity index (χ1v) is 7.50. The highest BCUT2D eigenvalue weighted by molar-refractivity contribution is 5.86. The molecular weight excluding hydrogens is 297 g/mol. The minimum absolute atomic E-state index is 0.314. The van der Waals surface area contributed by atoms with Gasteiger partial charge < -0.3 is 9.80 Å². The standard InChI is InChI=1S/C15H16FN7/c1-10-19-14-12(9-18-21-14)15(20-10)23-6-4-22(5-7-23)13-3-2-11(16)8-17-13/h2-3,8-9H,4-7H2,1H3,(H,18,19,20,21). The van der Waals surface area contributed by atoms with E-state index in [2.05, 4.69) is 34.9 Å². The molecule has 0 aliphatic carbocycles. The highest BCUT2D eigenvalue weighted by Gasteiger charge is 2.21. The molecule has 23 heavy (non-hydrogen) atoms. The Hall–Kier alpha value is -2.77. The molecule has 1 aliphatic heterocycles. The van der Waals surface area contributed by atoms with Gasteiger partial charge >= 0.3 is 0 Å². The maximum absolute atomic E-state index is 13.0. The van der Waals surface area contributed by atoms with Gasteiger partial charge in [0.2, 0.25) is 0 Å². The van der Waals surface area contributed by atoms with Gasteiger partial charge in [-0.2, -0.15) is 5.10 Å². The summed E-state index contributed by atoms with van der Waals surface area (Å²) in [6.07, 6.45) is 3.02. The van der Waals surface area contributed by atoms with Crippen LogP contribution in [0.2, 0.25) is 0 Å². The van der Waals surface area contributed by atoms with Crippen LogP contribution >= 0.6 is 0 Å². The van der Waals surface area contributed by atoms with Crippen molar-refractivity contribution in [2.75, 3.05) is 36.0 Å².